The molecule has 0 saturated heterocycles. The number of hydrogen-bond donors (Lipinski definition) is 2. The van der Waals surface area contributed by atoms with Gasteiger partial charge in [0.2, 0.25) is 0 Å². The second-order valence-electron chi connectivity index (χ2n) is 6.38. The summed E-state index contributed by atoms with van der Waals surface area (Å²) in [6, 6.07) is 15.2. The summed E-state index contributed by atoms with van der Waals surface area (Å²) in [6.07, 6.45) is 1.02. The first-order chi connectivity index (χ1) is 9.59. The Balaban J connectivity index is 1.81. The number of nitrogens with one attached hydrogen (secondary N) is 1. The van der Waals surface area contributed by atoms with Crippen LogP contribution in [-0.2, 0) is 6.42 Å². The Kier molecular flexibility index (Phi) is 3.27. The van der Waals surface area contributed by atoms with Crippen LogP contribution < -0.4 is 5.32 Å². The van der Waals surface area contributed by atoms with Gasteiger partial charge in [-0.1, -0.05) is 44.2 Å². The molecule has 0 atom stereocenters. The molecule has 0 unspecified atom stereocenters. The standard InChI is InChI=1S/C18H21NO/c1-18(2,12-20)11-19-15-7-8-17-14(10-15)9-13-5-3-4-6-16(13)17/h3-8,10,19-20H,9,11-12H2,1-2H3. The zero-order valence-corrected chi connectivity index (χ0v) is 12.1. The molecule has 2 aromatic rings. The zero-order chi connectivity index (χ0) is 14.2. The largest absolute Gasteiger partial charge is 0.396 e. The monoisotopic (exact) mass is 267 g/mol. The van der Waals surface area contributed by atoms with Crippen molar-refractivity contribution in [2.45, 2.75) is 20.3 Å². The normalized spacial score (nSPS) is 12.9. The molecule has 0 heterocycles. The van der Waals surface area contributed by atoms with Gasteiger partial charge in [-0.15, -0.1) is 0 Å². The molecule has 0 amide bonds. The van der Waals surface area contributed by atoms with E-state index >= 15 is 0 Å². The first-order valence-electron chi connectivity index (χ1n) is 7.15. The molecule has 2 nitrogen and oxygen atoms in total. The van der Waals surface area contributed by atoms with Gasteiger partial charge in [-0.25, -0.2) is 0 Å². The van der Waals surface area contributed by atoms with Crippen LogP contribution in [0.1, 0.15) is 25.0 Å². The Hall–Kier alpha value is -1.80. The summed E-state index contributed by atoms with van der Waals surface area (Å²) in [5.41, 5.74) is 6.56. The Bertz CT molecular complexity index is 631. The number of fused-ring (bicyclic) bond motifs is 3. The van der Waals surface area contributed by atoms with Crippen LogP contribution in [0, 0.1) is 5.41 Å². The third-order valence-electron chi connectivity index (χ3n) is 3.99. The highest BCUT2D eigenvalue weighted by Crippen LogP contribution is 2.37. The van der Waals surface area contributed by atoms with Crippen molar-refractivity contribution in [3.05, 3.63) is 53.6 Å². The van der Waals surface area contributed by atoms with Gasteiger partial charge in [0.15, 0.2) is 0 Å². The molecular formula is C18H21NO. The van der Waals surface area contributed by atoms with Crippen molar-refractivity contribution in [3.63, 3.8) is 0 Å². The van der Waals surface area contributed by atoms with Gasteiger partial charge in [0, 0.05) is 24.3 Å². The minimum Gasteiger partial charge on any atom is -0.396 e. The van der Waals surface area contributed by atoms with Gasteiger partial charge in [0.25, 0.3) is 0 Å². The fourth-order valence-corrected chi connectivity index (χ4v) is 2.65. The number of anilines is 1. The van der Waals surface area contributed by atoms with Crippen LogP contribution in [0.3, 0.4) is 0 Å². The van der Waals surface area contributed by atoms with E-state index in [9.17, 15) is 5.11 Å². The third-order valence-corrected chi connectivity index (χ3v) is 3.99. The lowest BCUT2D eigenvalue weighted by Gasteiger charge is -2.22. The lowest BCUT2D eigenvalue weighted by molar-refractivity contribution is 0.171. The number of benzene rings is 2. The van der Waals surface area contributed by atoms with Crippen LogP contribution in [-0.4, -0.2) is 18.3 Å². The van der Waals surface area contributed by atoms with E-state index in [-0.39, 0.29) is 12.0 Å². The highest BCUT2D eigenvalue weighted by molar-refractivity contribution is 5.78. The van der Waals surface area contributed by atoms with Crippen LogP contribution in [0.5, 0.6) is 0 Å². The van der Waals surface area contributed by atoms with E-state index in [1.807, 2.05) is 0 Å². The summed E-state index contributed by atoms with van der Waals surface area (Å²) in [5, 5.41) is 12.7. The summed E-state index contributed by atoms with van der Waals surface area (Å²) < 4.78 is 0. The molecule has 0 aliphatic heterocycles. The summed E-state index contributed by atoms with van der Waals surface area (Å²) in [7, 11) is 0. The van der Waals surface area contributed by atoms with Gasteiger partial charge in [-0.3, -0.25) is 0 Å². The van der Waals surface area contributed by atoms with Crippen molar-refractivity contribution in [1.29, 1.82) is 0 Å². The van der Waals surface area contributed by atoms with Crippen molar-refractivity contribution < 1.29 is 5.11 Å². The van der Waals surface area contributed by atoms with Gasteiger partial charge in [0.1, 0.15) is 0 Å². The Morgan fingerprint density at radius 1 is 1.05 bits per heavy atom. The topological polar surface area (TPSA) is 32.3 Å². The molecule has 2 aromatic carbocycles. The molecule has 104 valence electrons. The van der Waals surface area contributed by atoms with E-state index in [1.54, 1.807) is 0 Å². The predicted molar refractivity (Wildman–Crippen MR) is 84.0 cm³/mol. The third kappa shape index (κ3) is 2.44. The minimum absolute atomic E-state index is 0.0953. The Morgan fingerprint density at radius 3 is 2.60 bits per heavy atom. The molecule has 0 aromatic heterocycles. The quantitative estimate of drug-likeness (QED) is 0.755. The van der Waals surface area contributed by atoms with Crippen molar-refractivity contribution in [2.24, 2.45) is 5.41 Å². The summed E-state index contributed by atoms with van der Waals surface area (Å²) in [5.74, 6) is 0. The maximum Gasteiger partial charge on any atom is 0.0498 e. The molecule has 0 spiro atoms. The lowest BCUT2D eigenvalue weighted by atomic mass is 9.95. The first kappa shape index (κ1) is 13.2. The molecule has 3 rings (SSSR count). The number of hydrogen-bond acceptors (Lipinski definition) is 2. The van der Waals surface area contributed by atoms with Crippen LogP contribution in [0.4, 0.5) is 5.69 Å². The van der Waals surface area contributed by atoms with Gasteiger partial charge in [-0.05, 0) is 40.8 Å². The lowest BCUT2D eigenvalue weighted by Crippen LogP contribution is -2.26. The van der Waals surface area contributed by atoms with Gasteiger partial charge in [0.05, 0.1) is 0 Å². The van der Waals surface area contributed by atoms with Crippen molar-refractivity contribution in [1.82, 2.24) is 0 Å². The predicted octanol–water partition coefficient (Wildman–Crippen LogP) is 3.69. The highest BCUT2D eigenvalue weighted by Gasteiger charge is 2.19. The van der Waals surface area contributed by atoms with Crippen LogP contribution >= 0.6 is 0 Å². The number of rotatable bonds is 4. The molecule has 0 bridgehead atoms. The molecule has 2 N–H and O–H groups in total. The van der Waals surface area contributed by atoms with Gasteiger partial charge in [-0.2, -0.15) is 0 Å². The van der Waals surface area contributed by atoms with Gasteiger partial charge >= 0.3 is 0 Å². The van der Waals surface area contributed by atoms with E-state index in [1.165, 1.54) is 22.3 Å². The van der Waals surface area contributed by atoms with Crippen LogP contribution in [0.2, 0.25) is 0 Å². The first-order valence-corrected chi connectivity index (χ1v) is 7.15. The average Bonchev–Trinajstić information content (AvgIpc) is 2.83. The van der Waals surface area contributed by atoms with Gasteiger partial charge < -0.3 is 10.4 Å². The second kappa shape index (κ2) is 4.95. The summed E-state index contributed by atoms with van der Waals surface area (Å²) >= 11 is 0. The zero-order valence-electron chi connectivity index (χ0n) is 12.1. The smallest absolute Gasteiger partial charge is 0.0498 e. The van der Waals surface area contributed by atoms with Crippen LogP contribution in [0.15, 0.2) is 42.5 Å². The van der Waals surface area contributed by atoms with E-state index in [0.717, 1.165) is 18.7 Å². The molecule has 20 heavy (non-hydrogen) atoms. The van der Waals surface area contributed by atoms with Crippen molar-refractivity contribution in [3.8, 4) is 11.1 Å². The molecule has 2 heteroatoms. The van der Waals surface area contributed by atoms with E-state index in [0.29, 0.717) is 0 Å². The van der Waals surface area contributed by atoms with Crippen molar-refractivity contribution >= 4 is 5.69 Å². The Morgan fingerprint density at radius 2 is 1.80 bits per heavy atom. The molecule has 0 saturated carbocycles. The average molecular weight is 267 g/mol. The molecule has 1 aliphatic carbocycles. The number of aliphatic hydroxyl groups is 1. The Labute approximate surface area is 120 Å². The highest BCUT2D eigenvalue weighted by atomic mass is 16.3. The molecule has 0 fully saturated rings. The summed E-state index contributed by atoms with van der Waals surface area (Å²) in [6.45, 7) is 5.08. The summed E-state index contributed by atoms with van der Waals surface area (Å²) in [4.78, 5) is 0. The fraction of sp³-hybridized carbons (Fsp3) is 0.333. The van der Waals surface area contributed by atoms with E-state index in [4.69, 9.17) is 0 Å². The van der Waals surface area contributed by atoms with E-state index < -0.39 is 0 Å². The second-order valence-corrected chi connectivity index (χ2v) is 6.38. The fourth-order valence-electron chi connectivity index (χ4n) is 2.65. The maximum atomic E-state index is 9.31. The maximum absolute atomic E-state index is 9.31. The number of aliphatic hydroxyl groups excluding tert-OH is 1. The van der Waals surface area contributed by atoms with Crippen LogP contribution in [0.25, 0.3) is 11.1 Å². The molecule has 1 aliphatic rings. The SMILES string of the molecule is CC(C)(CO)CNc1ccc2c(c1)Cc1ccccc1-2. The molecule has 0 radical (unpaired) electrons. The minimum atomic E-state index is -0.0953. The van der Waals surface area contributed by atoms with Crippen molar-refractivity contribution in [2.75, 3.05) is 18.5 Å². The van der Waals surface area contributed by atoms with E-state index in [2.05, 4.69) is 61.6 Å². The molecular weight excluding hydrogens is 246 g/mol.